The van der Waals surface area contributed by atoms with E-state index in [1.54, 1.807) is 12.1 Å². The van der Waals surface area contributed by atoms with Gasteiger partial charge < -0.3 is 10.6 Å². The molecular weight excluding hydrogens is 287 g/mol. The molecule has 0 aliphatic heterocycles. The molecule has 21 heavy (non-hydrogen) atoms. The normalized spacial score (nSPS) is 10.4. The Morgan fingerprint density at radius 1 is 1.24 bits per heavy atom. The second-order valence-corrected chi connectivity index (χ2v) is 5.88. The third-order valence-electron chi connectivity index (χ3n) is 3.12. The first kappa shape index (κ1) is 17.8. The fourth-order valence-electron chi connectivity index (χ4n) is 1.99. The molecule has 0 fully saturated rings. The molecule has 0 saturated heterocycles. The summed E-state index contributed by atoms with van der Waals surface area (Å²) in [6.45, 7) is 3.29. The van der Waals surface area contributed by atoms with Crippen molar-refractivity contribution in [3.05, 3.63) is 29.6 Å². The molecule has 0 unspecified atom stereocenters. The molecular formula is C16H25FN2OS. The van der Waals surface area contributed by atoms with Crippen molar-refractivity contribution < 1.29 is 9.18 Å². The minimum absolute atomic E-state index is 0.210. The van der Waals surface area contributed by atoms with Gasteiger partial charge in [0.2, 0.25) is 0 Å². The molecule has 0 heterocycles. The second-order valence-electron chi connectivity index (χ2n) is 4.90. The smallest absolute Gasteiger partial charge is 0.253 e. The maximum Gasteiger partial charge on any atom is 0.253 e. The van der Waals surface area contributed by atoms with E-state index in [0.717, 1.165) is 25.0 Å². The van der Waals surface area contributed by atoms with Crippen LogP contribution in [0.1, 0.15) is 43.0 Å². The molecule has 0 aromatic heterocycles. The van der Waals surface area contributed by atoms with Crippen LogP contribution >= 0.6 is 11.8 Å². The van der Waals surface area contributed by atoms with Crippen molar-refractivity contribution in [1.82, 2.24) is 5.32 Å². The number of hydrogen-bond donors (Lipinski definition) is 2. The van der Waals surface area contributed by atoms with Gasteiger partial charge in [-0.05, 0) is 43.4 Å². The Bertz CT molecular complexity index is 440. The van der Waals surface area contributed by atoms with E-state index in [0.29, 0.717) is 24.3 Å². The number of amides is 1. The number of rotatable bonds is 10. The molecule has 0 spiro atoms. The van der Waals surface area contributed by atoms with Crippen molar-refractivity contribution in [2.75, 3.05) is 30.4 Å². The molecule has 118 valence electrons. The number of anilines is 1. The third kappa shape index (κ3) is 6.38. The lowest BCUT2D eigenvalue weighted by Gasteiger charge is -2.12. The van der Waals surface area contributed by atoms with Gasteiger partial charge in [0.1, 0.15) is 5.82 Å². The van der Waals surface area contributed by atoms with Gasteiger partial charge in [-0.25, -0.2) is 4.39 Å². The summed E-state index contributed by atoms with van der Waals surface area (Å²) in [5, 5.41) is 5.86. The van der Waals surface area contributed by atoms with Crippen LogP contribution in [-0.4, -0.2) is 31.0 Å². The predicted octanol–water partition coefficient (Wildman–Crippen LogP) is 3.91. The van der Waals surface area contributed by atoms with Crippen LogP contribution in [0.4, 0.5) is 10.1 Å². The number of benzene rings is 1. The molecule has 0 bridgehead atoms. The van der Waals surface area contributed by atoms with Crippen LogP contribution in [0.5, 0.6) is 0 Å². The second kappa shape index (κ2) is 10.5. The fraction of sp³-hybridized carbons (Fsp3) is 0.562. The minimum Gasteiger partial charge on any atom is -0.382 e. The van der Waals surface area contributed by atoms with E-state index in [2.05, 4.69) is 16.9 Å². The maximum atomic E-state index is 13.8. The van der Waals surface area contributed by atoms with Gasteiger partial charge in [-0.2, -0.15) is 11.8 Å². The summed E-state index contributed by atoms with van der Waals surface area (Å²) in [7, 11) is 0. The lowest BCUT2D eigenvalue weighted by atomic mass is 10.1. The van der Waals surface area contributed by atoms with E-state index in [-0.39, 0.29) is 11.7 Å². The molecule has 0 aliphatic carbocycles. The monoisotopic (exact) mass is 312 g/mol. The van der Waals surface area contributed by atoms with Crippen molar-refractivity contribution >= 4 is 23.4 Å². The Labute approximate surface area is 131 Å². The number of carbonyl (C=O) groups is 1. The Balaban J connectivity index is 2.51. The van der Waals surface area contributed by atoms with Crippen molar-refractivity contribution in [2.45, 2.75) is 32.6 Å². The van der Waals surface area contributed by atoms with E-state index < -0.39 is 0 Å². The molecule has 5 heteroatoms. The van der Waals surface area contributed by atoms with Crippen molar-refractivity contribution in [1.29, 1.82) is 0 Å². The summed E-state index contributed by atoms with van der Waals surface area (Å²) in [4.78, 5) is 12.1. The van der Waals surface area contributed by atoms with E-state index in [1.165, 1.54) is 12.5 Å². The van der Waals surface area contributed by atoms with Crippen LogP contribution in [0, 0.1) is 5.82 Å². The maximum absolute atomic E-state index is 13.8. The third-order valence-corrected chi connectivity index (χ3v) is 3.82. The largest absolute Gasteiger partial charge is 0.382 e. The molecule has 0 atom stereocenters. The van der Waals surface area contributed by atoms with E-state index in [4.69, 9.17) is 0 Å². The van der Waals surface area contributed by atoms with Crippen LogP contribution in [0.3, 0.4) is 0 Å². The molecule has 1 rings (SSSR count). The van der Waals surface area contributed by atoms with Gasteiger partial charge in [0.05, 0.1) is 11.3 Å². The number of thioether (sulfide) groups is 1. The van der Waals surface area contributed by atoms with Crippen LogP contribution in [0.25, 0.3) is 0 Å². The van der Waals surface area contributed by atoms with Gasteiger partial charge >= 0.3 is 0 Å². The molecule has 0 saturated carbocycles. The lowest BCUT2D eigenvalue weighted by molar-refractivity contribution is 0.0953. The Morgan fingerprint density at radius 3 is 2.76 bits per heavy atom. The zero-order valence-electron chi connectivity index (χ0n) is 12.9. The van der Waals surface area contributed by atoms with E-state index >= 15 is 0 Å². The first-order valence-electron chi connectivity index (χ1n) is 7.50. The van der Waals surface area contributed by atoms with Crippen LogP contribution in [0.15, 0.2) is 18.2 Å². The number of nitrogens with one attached hydrogen (secondary N) is 2. The number of para-hydroxylation sites is 1. The standard InChI is InChI=1S/C16H25FN2OS/c1-3-10-18-15-13(8-7-9-14(15)17)16(20)19-11-5-4-6-12-21-2/h7-9,18H,3-6,10-12H2,1-2H3,(H,19,20). The number of unbranched alkanes of at least 4 members (excludes halogenated alkanes) is 2. The van der Waals surface area contributed by atoms with Gasteiger partial charge in [-0.15, -0.1) is 0 Å². The first-order valence-corrected chi connectivity index (χ1v) is 8.89. The van der Waals surface area contributed by atoms with Crippen LogP contribution in [0.2, 0.25) is 0 Å². The molecule has 1 aromatic carbocycles. The summed E-state index contributed by atoms with van der Waals surface area (Å²) in [6.07, 6.45) is 6.20. The molecule has 3 nitrogen and oxygen atoms in total. The Hall–Kier alpha value is -1.23. The molecule has 1 aromatic rings. The summed E-state index contributed by atoms with van der Waals surface area (Å²) in [6, 6.07) is 4.60. The zero-order valence-corrected chi connectivity index (χ0v) is 13.7. The van der Waals surface area contributed by atoms with Gasteiger partial charge in [-0.3, -0.25) is 4.79 Å². The topological polar surface area (TPSA) is 41.1 Å². The highest BCUT2D eigenvalue weighted by Crippen LogP contribution is 2.19. The highest BCUT2D eigenvalue weighted by Gasteiger charge is 2.14. The average molecular weight is 312 g/mol. The Morgan fingerprint density at radius 2 is 2.05 bits per heavy atom. The predicted molar refractivity (Wildman–Crippen MR) is 89.7 cm³/mol. The minimum atomic E-state index is -0.379. The van der Waals surface area contributed by atoms with Gasteiger partial charge in [0.15, 0.2) is 0 Å². The highest BCUT2D eigenvalue weighted by atomic mass is 32.2. The SMILES string of the molecule is CCCNc1c(F)cccc1C(=O)NCCCCCSC. The van der Waals surface area contributed by atoms with E-state index in [9.17, 15) is 9.18 Å². The van der Waals surface area contributed by atoms with E-state index in [1.807, 2.05) is 18.7 Å². The first-order chi connectivity index (χ1) is 10.2. The van der Waals surface area contributed by atoms with Gasteiger partial charge in [0.25, 0.3) is 5.91 Å². The van der Waals surface area contributed by atoms with Gasteiger partial charge in [0, 0.05) is 13.1 Å². The van der Waals surface area contributed by atoms with Crippen molar-refractivity contribution in [3.63, 3.8) is 0 Å². The molecule has 0 aliphatic rings. The van der Waals surface area contributed by atoms with Gasteiger partial charge in [-0.1, -0.05) is 19.4 Å². The highest BCUT2D eigenvalue weighted by molar-refractivity contribution is 7.98. The van der Waals surface area contributed by atoms with Crippen LogP contribution < -0.4 is 10.6 Å². The Kier molecular flexibility index (Phi) is 8.90. The number of carbonyl (C=O) groups excluding carboxylic acids is 1. The molecule has 0 radical (unpaired) electrons. The van der Waals surface area contributed by atoms with Crippen LogP contribution in [-0.2, 0) is 0 Å². The fourth-order valence-corrected chi connectivity index (χ4v) is 2.48. The lowest BCUT2D eigenvalue weighted by Crippen LogP contribution is -2.26. The van der Waals surface area contributed by atoms with Crippen molar-refractivity contribution in [2.24, 2.45) is 0 Å². The summed E-state index contributed by atoms with van der Waals surface area (Å²) >= 11 is 1.84. The molecule has 2 N–H and O–H groups in total. The number of halogens is 1. The summed E-state index contributed by atoms with van der Waals surface area (Å²) in [5.74, 6) is 0.567. The molecule has 1 amide bonds. The number of hydrogen-bond acceptors (Lipinski definition) is 3. The summed E-state index contributed by atoms with van der Waals surface area (Å²) < 4.78 is 13.8. The quantitative estimate of drug-likeness (QED) is 0.644. The zero-order chi connectivity index (χ0) is 15.5. The summed E-state index contributed by atoms with van der Waals surface area (Å²) in [5.41, 5.74) is 0.687. The van der Waals surface area contributed by atoms with Crippen molar-refractivity contribution in [3.8, 4) is 0 Å². The average Bonchev–Trinajstić information content (AvgIpc) is 2.49.